The first-order valence-electron chi connectivity index (χ1n) is 8.44. The topological polar surface area (TPSA) is 53.6 Å². The van der Waals surface area contributed by atoms with E-state index in [4.69, 9.17) is 5.73 Å². The number of rotatable bonds is 5. The van der Waals surface area contributed by atoms with Gasteiger partial charge in [0.2, 0.25) is 0 Å². The van der Waals surface area contributed by atoms with Crippen LogP contribution in [-0.2, 0) is 0 Å². The number of likely N-dealkylation sites (tertiary alicyclic amines) is 1. The van der Waals surface area contributed by atoms with Crippen molar-refractivity contribution in [2.24, 2.45) is 16.6 Å². The van der Waals surface area contributed by atoms with E-state index < -0.39 is 0 Å². The molecule has 0 aromatic heterocycles. The highest BCUT2D eigenvalue weighted by molar-refractivity contribution is 14.0. The molecule has 1 aliphatic heterocycles. The third-order valence-electron chi connectivity index (χ3n) is 4.72. The molecule has 1 heterocycles. The fourth-order valence-corrected chi connectivity index (χ4v) is 2.79. The normalized spacial score (nSPS) is 18.3. The van der Waals surface area contributed by atoms with Crippen LogP contribution >= 0.6 is 24.0 Å². The summed E-state index contributed by atoms with van der Waals surface area (Å²) >= 11 is 0. The van der Waals surface area contributed by atoms with Gasteiger partial charge in [0, 0.05) is 12.2 Å². The molecule has 1 atom stereocenters. The van der Waals surface area contributed by atoms with Crippen LogP contribution in [0.25, 0.3) is 0 Å². The first-order chi connectivity index (χ1) is 10.6. The Bertz CT molecular complexity index is 478. The highest BCUT2D eigenvalue weighted by Crippen LogP contribution is 2.20. The van der Waals surface area contributed by atoms with E-state index in [-0.39, 0.29) is 24.0 Å². The number of hydrogen-bond donors (Lipinski definition) is 2. The molecule has 1 aromatic rings. The van der Waals surface area contributed by atoms with Gasteiger partial charge in [0.15, 0.2) is 5.96 Å². The van der Waals surface area contributed by atoms with Crippen molar-refractivity contribution in [3.8, 4) is 0 Å². The number of guanidine groups is 1. The van der Waals surface area contributed by atoms with Gasteiger partial charge in [-0.1, -0.05) is 26.0 Å². The number of hydrogen-bond acceptors (Lipinski definition) is 2. The van der Waals surface area contributed by atoms with Crippen molar-refractivity contribution >= 4 is 35.6 Å². The maximum atomic E-state index is 6.00. The number of piperidine rings is 1. The van der Waals surface area contributed by atoms with Crippen LogP contribution in [0.3, 0.4) is 0 Å². The van der Waals surface area contributed by atoms with E-state index >= 15 is 0 Å². The number of halogens is 1. The zero-order valence-electron chi connectivity index (χ0n) is 14.6. The lowest BCUT2D eigenvalue weighted by atomic mass is 9.97. The average Bonchev–Trinajstić information content (AvgIpc) is 2.54. The van der Waals surface area contributed by atoms with Gasteiger partial charge in [-0.05, 0) is 68.9 Å². The molecule has 2 rings (SSSR count). The van der Waals surface area contributed by atoms with Gasteiger partial charge in [-0.15, -0.1) is 24.0 Å². The summed E-state index contributed by atoms with van der Waals surface area (Å²) in [6.07, 6.45) is 3.60. The van der Waals surface area contributed by atoms with E-state index in [9.17, 15) is 0 Å². The van der Waals surface area contributed by atoms with Crippen LogP contribution in [-0.4, -0.2) is 37.5 Å². The minimum absolute atomic E-state index is 0. The Morgan fingerprint density at radius 3 is 2.48 bits per heavy atom. The van der Waals surface area contributed by atoms with Gasteiger partial charge in [-0.2, -0.15) is 0 Å². The Balaban J connectivity index is 0.00000264. The summed E-state index contributed by atoms with van der Waals surface area (Å²) in [5.41, 5.74) is 8.38. The smallest absolute Gasteiger partial charge is 0.193 e. The van der Waals surface area contributed by atoms with Gasteiger partial charge in [-0.25, -0.2) is 0 Å². The summed E-state index contributed by atoms with van der Waals surface area (Å²) in [6, 6.07) is 8.50. The molecule has 1 aromatic carbocycles. The van der Waals surface area contributed by atoms with Crippen molar-refractivity contribution in [2.75, 3.05) is 32.0 Å². The van der Waals surface area contributed by atoms with Gasteiger partial charge in [0.05, 0.1) is 0 Å². The average molecular weight is 430 g/mol. The maximum absolute atomic E-state index is 6.00. The van der Waals surface area contributed by atoms with Crippen molar-refractivity contribution in [3.63, 3.8) is 0 Å². The monoisotopic (exact) mass is 430 g/mol. The Kier molecular flexibility index (Phi) is 8.91. The highest BCUT2D eigenvalue weighted by atomic mass is 127. The van der Waals surface area contributed by atoms with Crippen molar-refractivity contribution in [2.45, 2.75) is 39.0 Å². The number of nitrogens with zero attached hydrogens (tertiary/aromatic N) is 2. The second kappa shape index (κ2) is 10.1. The van der Waals surface area contributed by atoms with E-state index in [1.807, 2.05) is 0 Å². The molecule has 0 radical (unpaired) electrons. The molecule has 0 saturated carbocycles. The van der Waals surface area contributed by atoms with Gasteiger partial charge in [-0.3, -0.25) is 4.99 Å². The third-order valence-corrected chi connectivity index (χ3v) is 4.72. The molecule has 130 valence electrons. The fourth-order valence-electron chi connectivity index (χ4n) is 2.79. The molecular weight excluding hydrogens is 399 g/mol. The molecule has 0 aliphatic carbocycles. The van der Waals surface area contributed by atoms with Gasteiger partial charge in [0.1, 0.15) is 0 Å². The van der Waals surface area contributed by atoms with Crippen LogP contribution < -0.4 is 11.1 Å². The van der Waals surface area contributed by atoms with Crippen molar-refractivity contribution in [3.05, 3.63) is 29.8 Å². The number of aliphatic imine (C=N–C) groups is 1. The van der Waals surface area contributed by atoms with Gasteiger partial charge >= 0.3 is 0 Å². The Morgan fingerprint density at radius 2 is 1.91 bits per heavy atom. The molecule has 4 nitrogen and oxygen atoms in total. The molecule has 1 aliphatic rings. The van der Waals surface area contributed by atoms with Gasteiger partial charge < -0.3 is 16.0 Å². The molecule has 1 unspecified atom stereocenters. The summed E-state index contributed by atoms with van der Waals surface area (Å²) in [7, 11) is 2.18. The fraction of sp³-hybridized carbons (Fsp3) is 0.611. The van der Waals surface area contributed by atoms with Crippen molar-refractivity contribution in [1.82, 2.24) is 4.90 Å². The van der Waals surface area contributed by atoms with Crippen LogP contribution in [0.5, 0.6) is 0 Å². The summed E-state index contributed by atoms with van der Waals surface area (Å²) in [6.45, 7) is 7.64. The van der Waals surface area contributed by atoms with Crippen molar-refractivity contribution < 1.29 is 0 Å². The molecular formula is C18H31IN4. The minimum Gasteiger partial charge on any atom is -0.370 e. The van der Waals surface area contributed by atoms with Crippen LogP contribution in [0.2, 0.25) is 0 Å². The molecule has 5 heteroatoms. The highest BCUT2D eigenvalue weighted by Gasteiger charge is 2.16. The lowest BCUT2D eigenvalue weighted by Crippen LogP contribution is -2.32. The Hall–Kier alpha value is -0.820. The number of benzene rings is 1. The van der Waals surface area contributed by atoms with E-state index in [1.165, 1.54) is 31.5 Å². The minimum atomic E-state index is 0. The van der Waals surface area contributed by atoms with E-state index in [0.29, 0.717) is 17.8 Å². The predicted octanol–water partition coefficient (Wildman–Crippen LogP) is 3.89. The zero-order valence-corrected chi connectivity index (χ0v) is 16.9. The maximum Gasteiger partial charge on any atom is 0.193 e. The third kappa shape index (κ3) is 6.67. The Labute approximate surface area is 157 Å². The van der Waals surface area contributed by atoms with Crippen LogP contribution in [0, 0.1) is 5.92 Å². The lowest BCUT2D eigenvalue weighted by Gasteiger charge is -2.27. The largest absolute Gasteiger partial charge is 0.370 e. The molecule has 0 amide bonds. The summed E-state index contributed by atoms with van der Waals surface area (Å²) in [4.78, 5) is 6.88. The van der Waals surface area contributed by atoms with E-state index in [0.717, 1.165) is 18.7 Å². The molecule has 23 heavy (non-hydrogen) atoms. The molecule has 0 spiro atoms. The SMILES string of the molecule is CCC(C)c1ccc(NC(N)=NCC2CCN(C)CC2)cc1.I. The molecule has 1 saturated heterocycles. The standard InChI is InChI=1S/C18H30N4.HI/c1-4-14(2)16-5-7-17(8-6-16)21-18(19)20-13-15-9-11-22(3)12-10-15;/h5-8,14-15H,4,9-13H2,1-3H3,(H3,19,20,21);1H. The summed E-state index contributed by atoms with van der Waals surface area (Å²) in [5.74, 6) is 1.80. The summed E-state index contributed by atoms with van der Waals surface area (Å²) in [5, 5.41) is 3.19. The quantitative estimate of drug-likeness (QED) is 0.424. The number of anilines is 1. The molecule has 3 N–H and O–H groups in total. The first-order valence-corrected chi connectivity index (χ1v) is 8.44. The van der Waals surface area contributed by atoms with Gasteiger partial charge in [0.25, 0.3) is 0 Å². The van der Waals surface area contributed by atoms with Crippen LogP contribution in [0.15, 0.2) is 29.3 Å². The van der Waals surface area contributed by atoms with Crippen LogP contribution in [0.4, 0.5) is 5.69 Å². The molecule has 0 bridgehead atoms. The Morgan fingerprint density at radius 1 is 1.30 bits per heavy atom. The second-order valence-electron chi connectivity index (χ2n) is 6.53. The summed E-state index contributed by atoms with van der Waals surface area (Å²) < 4.78 is 0. The number of nitrogens with one attached hydrogen (secondary N) is 1. The lowest BCUT2D eigenvalue weighted by molar-refractivity contribution is 0.224. The molecule has 1 fully saturated rings. The predicted molar refractivity (Wildman–Crippen MR) is 111 cm³/mol. The first kappa shape index (κ1) is 20.2. The van der Waals surface area contributed by atoms with Crippen molar-refractivity contribution in [1.29, 1.82) is 0 Å². The second-order valence-corrected chi connectivity index (χ2v) is 6.53. The van der Waals surface area contributed by atoms with Crippen LogP contribution in [0.1, 0.15) is 44.6 Å². The van der Waals surface area contributed by atoms with E-state index in [2.05, 4.69) is 60.4 Å². The van der Waals surface area contributed by atoms with E-state index in [1.54, 1.807) is 0 Å². The number of nitrogens with two attached hydrogens (primary N) is 1. The zero-order chi connectivity index (χ0) is 15.9.